The van der Waals surface area contributed by atoms with E-state index in [1.807, 2.05) is 12.1 Å². The molecule has 0 aliphatic heterocycles. The molecule has 1 atom stereocenters. The molecule has 20 heavy (non-hydrogen) atoms. The first-order chi connectivity index (χ1) is 9.34. The quantitative estimate of drug-likeness (QED) is 0.941. The molecule has 0 saturated heterocycles. The lowest BCUT2D eigenvalue weighted by molar-refractivity contribution is 0.407. The number of nitrogens with zero attached hydrogens (tertiary/aromatic N) is 2. The van der Waals surface area contributed by atoms with Crippen LogP contribution in [0.2, 0.25) is 5.02 Å². The highest BCUT2D eigenvalue weighted by Crippen LogP contribution is 2.36. The number of aromatic nitrogens is 2. The van der Waals surface area contributed by atoms with Crippen molar-refractivity contribution in [3.8, 4) is 5.75 Å². The standard InChI is InChI=1S/C14H18ClN3OS/c1-14(2,3)13-12(20-18-17-13)11(16)9-7-8(15)5-6-10(9)19-4/h5-7,11H,16H2,1-4H3. The lowest BCUT2D eigenvalue weighted by Gasteiger charge is -2.21. The molecule has 0 amide bonds. The van der Waals surface area contributed by atoms with Crippen molar-refractivity contribution < 1.29 is 4.74 Å². The van der Waals surface area contributed by atoms with E-state index in [1.54, 1.807) is 13.2 Å². The van der Waals surface area contributed by atoms with Gasteiger partial charge in [0.1, 0.15) is 5.75 Å². The average molecular weight is 312 g/mol. The molecule has 6 heteroatoms. The van der Waals surface area contributed by atoms with Crippen molar-refractivity contribution in [2.45, 2.75) is 32.2 Å². The fourth-order valence-corrected chi connectivity index (χ4v) is 3.08. The number of nitrogens with two attached hydrogens (primary N) is 1. The fourth-order valence-electron chi connectivity index (χ4n) is 2.01. The van der Waals surface area contributed by atoms with E-state index in [4.69, 9.17) is 22.1 Å². The second-order valence-electron chi connectivity index (χ2n) is 5.60. The topological polar surface area (TPSA) is 61.0 Å². The summed E-state index contributed by atoms with van der Waals surface area (Å²) >= 11 is 7.39. The van der Waals surface area contributed by atoms with Gasteiger partial charge >= 0.3 is 0 Å². The van der Waals surface area contributed by atoms with Crippen molar-refractivity contribution in [2.24, 2.45) is 5.73 Å². The Kier molecular flexibility index (Phi) is 4.32. The van der Waals surface area contributed by atoms with Crippen LogP contribution < -0.4 is 10.5 Å². The molecule has 0 fully saturated rings. The van der Waals surface area contributed by atoms with E-state index in [9.17, 15) is 0 Å². The molecule has 1 aromatic carbocycles. The summed E-state index contributed by atoms with van der Waals surface area (Å²) in [5, 5.41) is 4.86. The highest BCUT2D eigenvalue weighted by Gasteiger charge is 2.27. The monoisotopic (exact) mass is 311 g/mol. The summed E-state index contributed by atoms with van der Waals surface area (Å²) in [6, 6.07) is 5.09. The Morgan fingerprint density at radius 2 is 2.05 bits per heavy atom. The first-order valence-electron chi connectivity index (χ1n) is 6.26. The van der Waals surface area contributed by atoms with Crippen molar-refractivity contribution in [1.29, 1.82) is 0 Å². The van der Waals surface area contributed by atoms with Crippen molar-refractivity contribution in [1.82, 2.24) is 9.59 Å². The van der Waals surface area contributed by atoms with Gasteiger partial charge in [0.2, 0.25) is 0 Å². The van der Waals surface area contributed by atoms with Gasteiger partial charge in [0.25, 0.3) is 0 Å². The largest absolute Gasteiger partial charge is 0.496 e. The van der Waals surface area contributed by atoms with Crippen LogP contribution in [0.1, 0.15) is 42.9 Å². The maximum atomic E-state index is 6.40. The third-order valence-corrected chi connectivity index (χ3v) is 4.08. The van der Waals surface area contributed by atoms with Gasteiger partial charge in [-0.05, 0) is 29.7 Å². The van der Waals surface area contributed by atoms with Crippen LogP contribution in [0.4, 0.5) is 0 Å². The normalized spacial score (nSPS) is 13.3. The van der Waals surface area contributed by atoms with Crippen LogP contribution >= 0.6 is 23.1 Å². The van der Waals surface area contributed by atoms with Crippen molar-refractivity contribution in [3.05, 3.63) is 39.4 Å². The Hall–Kier alpha value is -1.17. The van der Waals surface area contributed by atoms with E-state index in [0.29, 0.717) is 5.02 Å². The molecule has 108 valence electrons. The zero-order valence-corrected chi connectivity index (χ0v) is 13.5. The van der Waals surface area contributed by atoms with Crippen LogP contribution in [0.5, 0.6) is 5.75 Å². The van der Waals surface area contributed by atoms with Gasteiger partial charge in [-0.1, -0.05) is 36.9 Å². The average Bonchev–Trinajstić information content (AvgIpc) is 2.87. The summed E-state index contributed by atoms with van der Waals surface area (Å²) in [4.78, 5) is 0.943. The molecule has 1 unspecified atom stereocenters. The van der Waals surface area contributed by atoms with E-state index in [2.05, 4.69) is 30.4 Å². The van der Waals surface area contributed by atoms with Crippen LogP contribution in [0, 0.1) is 0 Å². The van der Waals surface area contributed by atoms with Crippen LogP contribution in [-0.2, 0) is 5.41 Å². The maximum Gasteiger partial charge on any atom is 0.124 e. The first-order valence-corrected chi connectivity index (χ1v) is 7.41. The van der Waals surface area contributed by atoms with Crippen molar-refractivity contribution in [3.63, 3.8) is 0 Å². The second-order valence-corrected chi connectivity index (χ2v) is 6.82. The molecule has 2 rings (SSSR count). The molecule has 4 nitrogen and oxygen atoms in total. The van der Waals surface area contributed by atoms with E-state index in [0.717, 1.165) is 21.9 Å². The Labute approximate surface area is 128 Å². The minimum atomic E-state index is -0.349. The van der Waals surface area contributed by atoms with Gasteiger partial charge < -0.3 is 10.5 Å². The molecule has 1 aromatic heterocycles. The molecule has 2 N–H and O–H groups in total. The number of halogens is 1. The van der Waals surface area contributed by atoms with Gasteiger partial charge in [-0.25, -0.2) is 0 Å². The lowest BCUT2D eigenvalue weighted by Crippen LogP contribution is -2.20. The van der Waals surface area contributed by atoms with E-state index < -0.39 is 0 Å². The van der Waals surface area contributed by atoms with Crippen LogP contribution in [0.15, 0.2) is 18.2 Å². The molecule has 2 aromatic rings. The van der Waals surface area contributed by atoms with Gasteiger partial charge in [0, 0.05) is 16.0 Å². The van der Waals surface area contributed by atoms with Crippen molar-refractivity contribution in [2.75, 3.05) is 7.11 Å². The molecule has 0 aliphatic carbocycles. The van der Waals surface area contributed by atoms with E-state index >= 15 is 0 Å². The first kappa shape index (κ1) is 15.2. The summed E-state index contributed by atoms with van der Waals surface area (Å²) in [6.07, 6.45) is 0. The van der Waals surface area contributed by atoms with Crippen LogP contribution in [0.3, 0.4) is 0 Å². The highest BCUT2D eigenvalue weighted by atomic mass is 35.5. The van der Waals surface area contributed by atoms with Gasteiger partial charge in [-0.15, -0.1) is 5.10 Å². The molecule has 1 heterocycles. The number of methoxy groups -OCH3 is 1. The maximum absolute atomic E-state index is 6.40. The third kappa shape index (κ3) is 2.95. The number of rotatable bonds is 3. The minimum Gasteiger partial charge on any atom is -0.496 e. The number of hydrogen-bond donors (Lipinski definition) is 1. The summed E-state index contributed by atoms with van der Waals surface area (Å²) in [5.41, 5.74) is 8.05. The molecule has 0 aliphatic rings. The zero-order valence-electron chi connectivity index (χ0n) is 12.0. The minimum absolute atomic E-state index is 0.105. The van der Waals surface area contributed by atoms with Gasteiger partial charge in [0.05, 0.1) is 23.7 Å². The number of ether oxygens (including phenoxy) is 1. The summed E-state index contributed by atoms with van der Waals surface area (Å²) in [6.45, 7) is 6.28. The Balaban J connectivity index is 2.49. The molecule has 0 spiro atoms. The van der Waals surface area contributed by atoms with Crippen LogP contribution in [-0.4, -0.2) is 16.7 Å². The summed E-state index contributed by atoms with van der Waals surface area (Å²) in [5.74, 6) is 0.718. The summed E-state index contributed by atoms with van der Waals surface area (Å²) < 4.78 is 9.42. The Bertz CT molecular complexity index is 607. The predicted octanol–water partition coefficient (Wildman–Crippen LogP) is 3.55. The van der Waals surface area contributed by atoms with Crippen LogP contribution in [0.25, 0.3) is 0 Å². The lowest BCUT2D eigenvalue weighted by atomic mass is 9.89. The molecule has 0 bridgehead atoms. The van der Waals surface area contributed by atoms with Gasteiger partial charge in [-0.3, -0.25) is 0 Å². The second kappa shape index (κ2) is 5.68. The smallest absolute Gasteiger partial charge is 0.124 e. The molecular formula is C14H18ClN3OS. The number of benzene rings is 1. The van der Waals surface area contributed by atoms with Gasteiger partial charge in [0.15, 0.2) is 0 Å². The Morgan fingerprint density at radius 3 is 2.65 bits per heavy atom. The molecular weight excluding hydrogens is 294 g/mol. The SMILES string of the molecule is COc1ccc(Cl)cc1C(N)c1snnc1C(C)(C)C. The predicted molar refractivity (Wildman–Crippen MR) is 82.6 cm³/mol. The Morgan fingerprint density at radius 1 is 1.35 bits per heavy atom. The van der Waals surface area contributed by atoms with Gasteiger partial charge in [-0.2, -0.15) is 0 Å². The molecule has 0 saturated carbocycles. The summed E-state index contributed by atoms with van der Waals surface area (Å²) in [7, 11) is 1.62. The zero-order chi connectivity index (χ0) is 14.9. The third-order valence-electron chi connectivity index (χ3n) is 3.03. The van der Waals surface area contributed by atoms with E-state index in [1.165, 1.54) is 11.5 Å². The number of hydrogen-bond acceptors (Lipinski definition) is 5. The molecule has 0 radical (unpaired) electrons. The van der Waals surface area contributed by atoms with Crippen molar-refractivity contribution >= 4 is 23.1 Å². The van der Waals surface area contributed by atoms with E-state index in [-0.39, 0.29) is 11.5 Å². The highest BCUT2D eigenvalue weighted by molar-refractivity contribution is 7.05. The fraction of sp³-hybridized carbons (Fsp3) is 0.429.